The van der Waals surface area contributed by atoms with Crippen LogP contribution in [0, 0.1) is 0 Å². The van der Waals surface area contributed by atoms with Crippen LogP contribution in [0.2, 0.25) is 0 Å². The highest BCUT2D eigenvalue weighted by molar-refractivity contribution is 6.59. The third kappa shape index (κ3) is 2.83. The number of fused-ring (bicyclic) bond motifs is 1. The quantitative estimate of drug-likeness (QED) is 0.823. The number of hydrogen-bond acceptors (Lipinski definition) is 4. The summed E-state index contributed by atoms with van der Waals surface area (Å²) >= 11 is 0. The fourth-order valence-electron chi connectivity index (χ4n) is 1.61. The zero-order chi connectivity index (χ0) is 14.3. The van der Waals surface area contributed by atoms with E-state index in [0.29, 0.717) is 11.2 Å². The van der Waals surface area contributed by atoms with E-state index in [1.807, 2.05) is 24.3 Å². The summed E-state index contributed by atoms with van der Waals surface area (Å²) in [6, 6.07) is 9.22. The Balaban J connectivity index is 2.22. The standard InChI is InChI=1S/C14H19BO4/c1-13(2,16)14(3,4)19-15(17)12-9-10-7-5-6-8-11(10)18-12/h5-9,16-17H,1-4H3. The minimum atomic E-state index is -1.21. The van der Waals surface area contributed by atoms with Gasteiger partial charge in [-0.25, -0.2) is 0 Å². The van der Waals surface area contributed by atoms with Gasteiger partial charge >= 0.3 is 7.12 Å². The molecule has 0 amide bonds. The SMILES string of the molecule is CC(C)(O)C(C)(C)OB(O)c1cc2ccccc2o1. The number of benzene rings is 1. The molecule has 4 nitrogen and oxygen atoms in total. The van der Waals surface area contributed by atoms with Gasteiger partial charge < -0.3 is 19.2 Å². The summed E-state index contributed by atoms with van der Waals surface area (Å²) < 4.78 is 11.1. The Bertz CT molecular complexity index is 535. The number of furan rings is 1. The number of rotatable bonds is 4. The Morgan fingerprint density at radius 3 is 2.37 bits per heavy atom. The molecule has 0 aliphatic carbocycles. The lowest BCUT2D eigenvalue weighted by Crippen LogP contribution is -2.52. The molecule has 0 unspecified atom stereocenters. The molecule has 0 radical (unpaired) electrons. The molecule has 102 valence electrons. The Hall–Kier alpha value is -1.30. The van der Waals surface area contributed by atoms with E-state index in [0.717, 1.165) is 5.39 Å². The Labute approximate surface area is 113 Å². The Morgan fingerprint density at radius 1 is 1.16 bits per heavy atom. The highest BCUT2D eigenvalue weighted by Crippen LogP contribution is 2.25. The van der Waals surface area contributed by atoms with Crippen molar-refractivity contribution in [3.63, 3.8) is 0 Å². The highest BCUT2D eigenvalue weighted by Gasteiger charge is 2.40. The van der Waals surface area contributed by atoms with Crippen LogP contribution in [-0.2, 0) is 4.65 Å². The predicted molar refractivity (Wildman–Crippen MR) is 75.3 cm³/mol. The molecule has 0 saturated carbocycles. The van der Waals surface area contributed by atoms with Crippen LogP contribution in [0.15, 0.2) is 34.7 Å². The summed E-state index contributed by atoms with van der Waals surface area (Å²) in [4.78, 5) is 0. The normalized spacial score (nSPS) is 12.9. The first-order chi connectivity index (χ1) is 8.71. The van der Waals surface area contributed by atoms with Crippen LogP contribution in [-0.4, -0.2) is 28.5 Å². The lowest BCUT2D eigenvalue weighted by atomic mass is 9.81. The third-order valence-corrected chi connectivity index (χ3v) is 3.57. The summed E-state index contributed by atoms with van der Waals surface area (Å²) in [6.45, 7) is 6.72. The van der Waals surface area contributed by atoms with Crippen LogP contribution in [0.3, 0.4) is 0 Å². The summed E-state index contributed by atoms with van der Waals surface area (Å²) in [7, 11) is -1.21. The molecule has 0 aliphatic rings. The van der Waals surface area contributed by atoms with Gasteiger partial charge in [-0.1, -0.05) is 18.2 Å². The van der Waals surface area contributed by atoms with Crippen molar-refractivity contribution in [1.29, 1.82) is 0 Å². The predicted octanol–water partition coefficient (Wildman–Crippen LogP) is 1.69. The fraction of sp³-hybridized carbons (Fsp3) is 0.429. The molecule has 0 aliphatic heterocycles. The first-order valence-electron chi connectivity index (χ1n) is 6.27. The summed E-state index contributed by atoms with van der Waals surface area (Å²) in [5.41, 5.74) is -0.967. The molecule has 0 saturated heterocycles. The molecule has 0 spiro atoms. The van der Waals surface area contributed by atoms with Gasteiger partial charge in [0.05, 0.1) is 11.2 Å². The van der Waals surface area contributed by atoms with Gasteiger partial charge in [0, 0.05) is 5.39 Å². The number of aliphatic hydroxyl groups is 1. The molecular weight excluding hydrogens is 243 g/mol. The average Bonchev–Trinajstić information content (AvgIpc) is 2.70. The average molecular weight is 262 g/mol. The smallest absolute Gasteiger partial charge is 0.465 e. The van der Waals surface area contributed by atoms with Gasteiger partial charge in [-0.05, 0) is 39.8 Å². The van der Waals surface area contributed by atoms with Crippen molar-refractivity contribution < 1.29 is 19.2 Å². The van der Waals surface area contributed by atoms with Crippen LogP contribution in [0.1, 0.15) is 27.7 Å². The van der Waals surface area contributed by atoms with E-state index in [1.165, 1.54) is 0 Å². The monoisotopic (exact) mass is 262 g/mol. The largest absolute Gasteiger partial charge is 0.529 e. The van der Waals surface area contributed by atoms with Gasteiger partial charge in [-0.3, -0.25) is 0 Å². The maximum atomic E-state index is 10.1. The van der Waals surface area contributed by atoms with E-state index in [2.05, 4.69) is 0 Å². The first kappa shape index (κ1) is 14.1. The molecule has 2 rings (SSSR count). The van der Waals surface area contributed by atoms with E-state index >= 15 is 0 Å². The Morgan fingerprint density at radius 2 is 1.79 bits per heavy atom. The minimum absolute atomic E-state index is 0.332. The molecule has 1 aromatic heterocycles. The second-order valence-electron chi connectivity index (χ2n) is 5.73. The molecule has 0 fully saturated rings. The van der Waals surface area contributed by atoms with Crippen molar-refractivity contribution >= 4 is 23.7 Å². The molecule has 2 aromatic rings. The van der Waals surface area contributed by atoms with E-state index in [1.54, 1.807) is 33.8 Å². The summed E-state index contributed by atoms with van der Waals surface area (Å²) in [5, 5.41) is 21.0. The fourth-order valence-corrected chi connectivity index (χ4v) is 1.61. The van der Waals surface area contributed by atoms with Gasteiger partial charge in [0.1, 0.15) is 11.2 Å². The van der Waals surface area contributed by atoms with E-state index in [9.17, 15) is 10.1 Å². The van der Waals surface area contributed by atoms with Crippen LogP contribution in [0.25, 0.3) is 11.0 Å². The lowest BCUT2D eigenvalue weighted by Gasteiger charge is -2.38. The molecule has 19 heavy (non-hydrogen) atoms. The molecule has 0 bridgehead atoms. The van der Waals surface area contributed by atoms with Gasteiger partial charge in [0.25, 0.3) is 0 Å². The molecule has 2 N–H and O–H groups in total. The van der Waals surface area contributed by atoms with Gasteiger partial charge in [0.2, 0.25) is 0 Å². The van der Waals surface area contributed by atoms with Crippen LogP contribution >= 0.6 is 0 Å². The summed E-state index contributed by atoms with van der Waals surface area (Å²) in [6.07, 6.45) is 0. The molecule has 5 heteroatoms. The van der Waals surface area contributed by atoms with E-state index < -0.39 is 18.3 Å². The second-order valence-corrected chi connectivity index (χ2v) is 5.73. The topological polar surface area (TPSA) is 62.8 Å². The van der Waals surface area contributed by atoms with Gasteiger partial charge in [-0.2, -0.15) is 0 Å². The van der Waals surface area contributed by atoms with Crippen LogP contribution < -0.4 is 5.66 Å². The van der Waals surface area contributed by atoms with Gasteiger partial charge in [0.15, 0.2) is 0 Å². The highest BCUT2D eigenvalue weighted by atomic mass is 16.6. The number of hydrogen-bond donors (Lipinski definition) is 2. The lowest BCUT2D eigenvalue weighted by molar-refractivity contribution is -0.0986. The zero-order valence-electron chi connectivity index (χ0n) is 11.7. The zero-order valence-corrected chi connectivity index (χ0v) is 11.7. The minimum Gasteiger partial charge on any atom is -0.465 e. The van der Waals surface area contributed by atoms with Gasteiger partial charge in [-0.15, -0.1) is 0 Å². The van der Waals surface area contributed by atoms with Crippen molar-refractivity contribution in [2.75, 3.05) is 0 Å². The van der Waals surface area contributed by atoms with E-state index in [-0.39, 0.29) is 0 Å². The van der Waals surface area contributed by atoms with E-state index in [4.69, 9.17) is 9.07 Å². The molecule has 1 aromatic carbocycles. The van der Waals surface area contributed by atoms with Crippen molar-refractivity contribution in [1.82, 2.24) is 0 Å². The molecular formula is C14H19BO4. The number of para-hydroxylation sites is 1. The maximum absolute atomic E-state index is 10.1. The molecule has 0 atom stereocenters. The van der Waals surface area contributed by atoms with Crippen molar-refractivity contribution in [2.45, 2.75) is 38.9 Å². The van der Waals surface area contributed by atoms with Crippen LogP contribution in [0.4, 0.5) is 0 Å². The maximum Gasteiger partial charge on any atom is 0.529 e. The van der Waals surface area contributed by atoms with Crippen molar-refractivity contribution in [3.05, 3.63) is 30.3 Å². The second kappa shape index (κ2) is 4.67. The Kier molecular flexibility index (Phi) is 3.47. The third-order valence-electron chi connectivity index (χ3n) is 3.57. The van der Waals surface area contributed by atoms with Crippen molar-refractivity contribution in [2.24, 2.45) is 0 Å². The molecule has 1 heterocycles. The first-order valence-corrected chi connectivity index (χ1v) is 6.27. The van der Waals surface area contributed by atoms with Crippen molar-refractivity contribution in [3.8, 4) is 0 Å². The van der Waals surface area contributed by atoms with Crippen LogP contribution in [0.5, 0.6) is 0 Å². The summed E-state index contributed by atoms with van der Waals surface area (Å²) in [5.74, 6) is 0.